The first kappa shape index (κ1) is 19.3. The summed E-state index contributed by atoms with van der Waals surface area (Å²) in [5, 5.41) is 38.7. The van der Waals surface area contributed by atoms with Crippen molar-refractivity contribution in [2.45, 2.75) is 68.1 Å². The van der Waals surface area contributed by atoms with Gasteiger partial charge >= 0.3 is 5.97 Å². The van der Waals surface area contributed by atoms with Crippen LogP contribution in [0.5, 0.6) is 0 Å². The highest BCUT2D eigenvalue weighted by atomic mass is 33.1. The van der Waals surface area contributed by atoms with E-state index in [1.165, 1.54) is 12.2 Å². The van der Waals surface area contributed by atoms with E-state index in [0.717, 1.165) is 19.3 Å². The van der Waals surface area contributed by atoms with Crippen LogP contribution >= 0.6 is 21.6 Å². The number of aliphatic hydroxyl groups is 4. The fraction of sp³-hybridized carbons (Fsp3) is 0.929. The maximum atomic E-state index is 11.7. The van der Waals surface area contributed by atoms with Crippen LogP contribution in [0.2, 0.25) is 0 Å². The lowest BCUT2D eigenvalue weighted by atomic mass is 9.99. The Kier molecular flexibility index (Phi) is 7.93. The smallest absolute Gasteiger partial charge is 0.305 e. The zero-order chi connectivity index (χ0) is 16.8. The number of hydrogen-bond acceptors (Lipinski definition) is 9. The van der Waals surface area contributed by atoms with Gasteiger partial charge in [0.2, 0.25) is 0 Å². The van der Waals surface area contributed by atoms with Crippen LogP contribution in [0.1, 0.15) is 32.1 Å². The predicted molar refractivity (Wildman–Crippen MR) is 86.8 cm³/mol. The van der Waals surface area contributed by atoms with Gasteiger partial charge in [-0.25, -0.2) is 0 Å². The van der Waals surface area contributed by atoms with Crippen molar-refractivity contribution < 1.29 is 34.7 Å². The lowest BCUT2D eigenvalue weighted by molar-refractivity contribution is -0.287. The van der Waals surface area contributed by atoms with Crippen molar-refractivity contribution in [3.8, 4) is 0 Å². The van der Waals surface area contributed by atoms with Crippen molar-refractivity contribution >= 4 is 27.6 Å². The third-order valence-corrected chi connectivity index (χ3v) is 6.99. The zero-order valence-corrected chi connectivity index (χ0v) is 14.4. The zero-order valence-electron chi connectivity index (χ0n) is 12.7. The summed E-state index contributed by atoms with van der Waals surface area (Å²) in [4.78, 5) is 11.7. The van der Waals surface area contributed by atoms with Crippen molar-refractivity contribution in [1.29, 1.82) is 0 Å². The Bertz CT molecular complexity index is 378. The number of carbonyl (C=O) groups is 1. The standard InChI is InChI=1S/C14H24O7S2/c15-10(4-2-1-3-8-5-6-22-23-8)20-7-9-11(16)12(17)13(18)14(19)21-9/h8-9,11-14,16-19H,1-7H2/t8-,9-,11-,12+,13-,14?/m1/s1. The van der Waals surface area contributed by atoms with E-state index >= 15 is 0 Å². The molecule has 2 aliphatic rings. The summed E-state index contributed by atoms with van der Waals surface area (Å²) in [6.07, 6.45) is -2.86. The molecular formula is C14H24O7S2. The average Bonchev–Trinajstić information content (AvgIpc) is 3.05. The fourth-order valence-electron chi connectivity index (χ4n) is 2.52. The van der Waals surface area contributed by atoms with E-state index in [4.69, 9.17) is 9.47 Å². The molecule has 0 saturated carbocycles. The predicted octanol–water partition coefficient (Wildman–Crippen LogP) is 0.0436. The Balaban J connectivity index is 1.60. The molecule has 4 N–H and O–H groups in total. The van der Waals surface area contributed by atoms with Crippen molar-refractivity contribution in [2.75, 3.05) is 12.4 Å². The molecule has 23 heavy (non-hydrogen) atoms. The molecule has 0 spiro atoms. The fourth-order valence-corrected chi connectivity index (χ4v) is 5.55. The largest absolute Gasteiger partial charge is 0.463 e. The molecule has 0 radical (unpaired) electrons. The van der Waals surface area contributed by atoms with Gasteiger partial charge in [-0.3, -0.25) is 4.79 Å². The van der Waals surface area contributed by atoms with Crippen LogP contribution in [0, 0.1) is 0 Å². The van der Waals surface area contributed by atoms with E-state index in [1.807, 2.05) is 21.6 Å². The molecule has 0 aromatic heterocycles. The van der Waals surface area contributed by atoms with Crippen LogP contribution in [-0.2, 0) is 14.3 Å². The molecule has 0 aromatic rings. The molecule has 7 nitrogen and oxygen atoms in total. The summed E-state index contributed by atoms with van der Waals surface area (Å²) in [5.41, 5.74) is 0. The highest BCUT2D eigenvalue weighted by Crippen LogP contribution is 2.39. The molecule has 2 fully saturated rings. The van der Waals surface area contributed by atoms with Crippen molar-refractivity contribution in [3.05, 3.63) is 0 Å². The van der Waals surface area contributed by atoms with Gasteiger partial charge in [0, 0.05) is 17.4 Å². The number of hydrogen-bond donors (Lipinski definition) is 4. The van der Waals surface area contributed by atoms with E-state index < -0.39 is 36.7 Å². The lowest BCUT2D eigenvalue weighted by Gasteiger charge is -2.37. The SMILES string of the molecule is O=C(CCCC[C@@H]1CCSS1)OC[C@H]1OC(O)[C@H](O)[C@@H](O)[C@@H]1O. The first-order valence-electron chi connectivity index (χ1n) is 7.80. The second-order valence-corrected chi connectivity index (χ2v) is 8.58. The molecular weight excluding hydrogens is 344 g/mol. The van der Waals surface area contributed by atoms with Crippen molar-refractivity contribution in [2.24, 2.45) is 0 Å². The van der Waals surface area contributed by atoms with E-state index in [9.17, 15) is 25.2 Å². The van der Waals surface area contributed by atoms with E-state index in [2.05, 4.69) is 0 Å². The maximum Gasteiger partial charge on any atom is 0.305 e. The van der Waals surface area contributed by atoms with Crippen LogP contribution < -0.4 is 0 Å². The molecule has 1 unspecified atom stereocenters. The topological polar surface area (TPSA) is 116 Å². The minimum atomic E-state index is -1.61. The van der Waals surface area contributed by atoms with Gasteiger partial charge in [-0.05, 0) is 19.3 Å². The number of rotatable bonds is 7. The molecule has 134 valence electrons. The third kappa shape index (κ3) is 5.77. The Labute approximate surface area is 143 Å². The summed E-state index contributed by atoms with van der Waals surface area (Å²) in [7, 11) is 3.82. The molecule has 0 aliphatic carbocycles. The molecule has 2 aliphatic heterocycles. The van der Waals surface area contributed by atoms with Crippen molar-refractivity contribution in [1.82, 2.24) is 0 Å². The monoisotopic (exact) mass is 368 g/mol. The summed E-state index contributed by atoms with van der Waals surface area (Å²) in [5.74, 6) is 0.803. The van der Waals surface area contributed by atoms with Gasteiger partial charge < -0.3 is 29.9 Å². The quantitative estimate of drug-likeness (QED) is 0.281. The maximum absolute atomic E-state index is 11.7. The third-order valence-electron chi connectivity index (χ3n) is 3.98. The Morgan fingerprint density at radius 1 is 1.13 bits per heavy atom. The average molecular weight is 368 g/mol. The van der Waals surface area contributed by atoms with Gasteiger partial charge in [0.1, 0.15) is 31.0 Å². The van der Waals surface area contributed by atoms with Crippen LogP contribution in [0.15, 0.2) is 0 Å². The highest BCUT2D eigenvalue weighted by Gasteiger charge is 2.43. The number of aliphatic hydroxyl groups excluding tert-OH is 4. The summed E-state index contributed by atoms with van der Waals surface area (Å²) in [6.45, 7) is -0.268. The minimum absolute atomic E-state index is 0.268. The van der Waals surface area contributed by atoms with Gasteiger partial charge in [-0.2, -0.15) is 0 Å². The van der Waals surface area contributed by atoms with E-state index in [1.54, 1.807) is 0 Å². The second kappa shape index (κ2) is 9.45. The first-order valence-corrected chi connectivity index (χ1v) is 10.2. The molecule has 9 heteroatoms. The normalized spacial score (nSPS) is 37.7. The van der Waals surface area contributed by atoms with E-state index in [-0.39, 0.29) is 6.61 Å². The molecule has 0 bridgehead atoms. The molecule has 0 aromatic carbocycles. The summed E-state index contributed by atoms with van der Waals surface area (Å²) < 4.78 is 9.96. The van der Waals surface area contributed by atoms with Crippen LogP contribution in [0.3, 0.4) is 0 Å². The van der Waals surface area contributed by atoms with Crippen molar-refractivity contribution in [3.63, 3.8) is 0 Å². The summed E-state index contributed by atoms with van der Waals surface area (Å²) >= 11 is 0. The van der Waals surface area contributed by atoms with Gasteiger partial charge in [0.25, 0.3) is 0 Å². The number of esters is 1. The number of ether oxygens (including phenoxy) is 2. The first-order chi connectivity index (χ1) is 11.0. The van der Waals surface area contributed by atoms with Gasteiger partial charge in [-0.1, -0.05) is 28.0 Å². The van der Waals surface area contributed by atoms with E-state index in [0.29, 0.717) is 11.7 Å². The molecule has 0 amide bonds. The lowest BCUT2D eigenvalue weighted by Crippen LogP contribution is -2.58. The van der Waals surface area contributed by atoms with Crippen LogP contribution in [0.4, 0.5) is 0 Å². The molecule has 2 rings (SSSR count). The minimum Gasteiger partial charge on any atom is -0.463 e. The van der Waals surface area contributed by atoms with Crippen LogP contribution in [-0.4, -0.2) is 74.7 Å². The second-order valence-electron chi connectivity index (χ2n) is 5.79. The Morgan fingerprint density at radius 2 is 1.91 bits per heavy atom. The molecule has 6 atom stereocenters. The van der Waals surface area contributed by atoms with Gasteiger partial charge in [0.05, 0.1) is 0 Å². The van der Waals surface area contributed by atoms with Gasteiger partial charge in [0.15, 0.2) is 6.29 Å². The Hall–Kier alpha value is -0.0300. The number of carbonyl (C=O) groups excluding carboxylic acids is 1. The Morgan fingerprint density at radius 3 is 2.61 bits per heavy atom. The molecule has 2 saturated heterocycles. The number of unbranched alkanes of at least 4 members (excludes halogenated alkanes) is 1. The molecule has 2 heterocycles. The highest BCUT2D eigenvalue weighted by molar-refractivity contribution is 8.77. The van der Waals surface area contributed by atoms with Gasteiger partial charge in [-0.15, -0.1) is 0 Å². The van der Waals surface area contributed by atoms with Crippen LogP contribution in [0.25, 0.3) is 0 Å². The summed E-state index contributed by atoms with van der Waals surface area (Å²) in [6, 6.07) is 0.